The van der Waals surface area contributed by atoms with Crippen LogP contribution in [0.2, 0.25) is 0 Å². The number of aromatic amines is 2. The van der Waals surface area contributed by atoms with Crippen LogP contribution in [0.5, 0.6) is 0 Å². The number of H-pyrrole nitrogens is 2. The zero-order chi connectivity index (χ0) is 27.5. The minimum atomic E-state index is 0.684. The van der Waals surface area contributed by atoms with Crippen molar-refractivity contribution in [3.05, 3.63) is 101 Å². The van der Waals surface area contributed by atoms with Crippen molar-refractivity contribution in [2.75, 3.05) is 20.6 Å². The molecule has 0 aromatic carbocycles. The second kappa shape index (κ2) is 11.4. The van der Waals surface area contributed by atoms with Crippen LogP contribution in [0.25, 0.3) is 44.7 Å². The van der Waals surface area contributed by atoms with Gasteiger partial charge in [0.15, 0.2) is 5.65 Å². The van der Waals surface area contributed by atoms with E-state index < -0.39 is 0 Å². The molecule has 0 radical (unpaired) electrons. The van der Waals surface area contributed by atoms with Crippen LogP contribution < -0.4 is 0 Å². The zero-order valence-electron chi connectivity index (χ0n) is 23.0. The number of nitrogens with zero attached hydrogens (tertiary/aromatic N) is 4. The molecule has 5 aromatic rings. The maximum absolute atomic E-state index is 4.66. The first-order chi connectivity index (χ1) is 18.8. The molecule has 0 aliphatic heterocycles. The van der Waals surface area contributed by atoms with Crippen molar-refractivity contribution < 1.29 is 0 Å². The van der Waals surface area contributed by atoms with Crippen LogP contribution in [0.1, 0.15) is 39.9 Å². The molecule has 198 valence electrons. The fourth-order valence-corrected chi connectivity index (χ4v) is 5.72. The largest absolute Gasteiger partial charge is 0.357 e. The van der Waals surface area contributed by atoms with Crippen LogP contribution in [-0.4, -0.2) is 50.7 Å². The van der Waals surface area contributed by atoms with E-state index in [0.29, 0.717) is 5.65 Å². The van der Waals surface area contributed by atoms with E-state index in [1.54, 1.807) is 11.3 Å². The van der Waals surface area contributed by atoms with Gasteiger partial charge in [-0.1, -0.05) is 25.3 Å². The van der Waals surface area contributed by atoms with Gasteiger partial charge in [-0.3, -0.25) is 10.1 Å². The van der Waals surface area contributed by atoms with E-state index in [0.717, 1.165) is 69.7 Å². The third-order valence-electron chi connectivity index (χ3n) is 6.76. The zero-order valence-corrected chi connectivity index (χ0v) is 23.8. The quantitative estimate of drug-likeness (QED) is 0.182. The van der Waals surface area contributed by atoms with Crippen molar-refractivity contribution in [2.45, 2.75) is 26.7 Å². The number of hydrogen-bond donors (Lipinski definition) is 2. The molecule has 0 saturated carbocycles. The smallest absolute Gasteiger partial charge is 0.181 e. The maximum atomic E-state index is 4.66. The first-order valence-electron chi connectivity index (χ1n) is 13.1. The summed E-state index contributed by atoms with van der Waals surface area (Å²) in [6, 6.07) is 10.8. The van der Waals surface area contributed by atoms with Crippen LogP contribution >= 0.6 is 11.3 Å². The van der Waals surface area contributed by atoms with E-state index in [9.17, 15) is 0 Å². The van der Waals surface area contributed by atoms with Crippen LogP contribution in [-0.2, 0) is 6.42 Å². The molecule has 5 aromatic heterocycles. The molecule has 0 saturated heterocycles. The van der Waals surface area contributed by atoms with Crippen LogP contribution in [0, 0.1) is 6.92 Å². The van der Waals surface area contributed by atoms with Gasteiger partial charge in [-0.2, -0.15) is 5.10 Å². The number of allylic oxidation sites excluding steroid dienone is 3. The predicted octanol–water partition coefficient (Wildman–Crippen LogP) is 7.53. The fourth-order valence-electron chi connectivity index (χ4n) is 4.75. The highest BCUT2D eigenvalue weighted by Crippen LogP contribution is 2.37. The summed E-state index contributed by atoms with van der Waals surface area (Å²) in [5.74, 6) is 0. The Morgan fingerprint density at radius 3 is 2.62 bits per heavy atom. The van der Waals surface area contributed by atoms with Gasteiger partial charge in [-0.15, -0.1) is 11.3 Å². The van der Waals surface area contributed by atoms with Crippen molar-refractivity contribution in [3.8, 4) is 22.5 Å². The lowest BCUT2D eigenvalue weighted by molar-refractivity contribution is 0.400. The Bertz CT molecular complexity index is 1680. The first kappa shape index (κ1) is 26.5. The Hall–Kier alpha value is -4.07. The third-order valence-corrected chi connectivity index (χ3v) is 8.04. The number of hydrogen-bond acceptors (Lipinski definition) is 5. The van der Waals surface area contributed by atoms with Crippen molar-refractivity contribution >= 4 is 33.5 Å². The lowest BCUT2D eigenvalue weighted by Gasteiger charge is -2.09. The van der Waals surface area contributed by atoms with Crippen molar-refractivity contribution in [2.24, 2.45) is 0 Å². The minimum absolute atomic E-state index is 0.684. The molecule has 0 atom stereocenters. The number of aryl methyl sites for hydroxylation is 2. The van der Waals surface area contributed by atoms with Crippen LogP contribution in [0.4, 0.5) is 0 Å². The summed E-state index contributed by atoms with van der Waals surface area (Å²) in [5, 5.41) is 8.67. The molecule has 0 bridgehead atoms. The normalized spacial score (nSPS) is 12.0. The van der Waals surface area contributed by atoms with E-state index in [-0.39, 0.29) is 0 Å². The first-order valence-corrected chi connectivity index (χ1v) is 13.9. The standard InChI is InChI=1S/C32H34N6S/c1-7-9-25(30-12-11-29(39-30)20(2)3)26-16-28(35-21(26)4)31-27-15-24(19-34-32(27)37-36-31)23-14-22(17-33-18-23)10-8-13-38(5)6/h7,9,11-12,14-19,35H,1-2,8,10,13H2,3-6H3,(H,34,36,37)/b25-9+. The molecule has 5 heterocycles. The molecule has 0 amide bonds. The molecule has 0 aliphatic carbocycles. The molecular formula is C32H34N6S. The van der Waals surface area contributed by atoms with E-state index in [1.807, 2.05) is 31.6 Å². The van der Waals surface area contributed by atoms with E-state index in [4.69, 9.17) is 0 Å². The Morgan fingerprint density at radius 2 is 1.87 bits per heavy atom. The number of aromatic nitrogens is 5. The fraction of sp³-hybridized carbons (Fsp3) is 0.219. The molecule has 0 unspecified atom stereocenters. The van der Waals surface area contributed by atoms with E-state index in [2.05, 4.69) is 101 Å². The SMILES string of the molecule is C=C/C=C(/c1ccc(C(=C)C)s1)c1cc(-c2[nH]nc3ncc(-c4cncc(CCCN(C)C)c4)cc23)[nH]c1C. The highest BCUT2D eigenvalue weighted by Gasteiger charge is 2.18. The summed E-state index contributed by atoms with van der Waals surface area (Å²) in [7, 11) is 4.20. The Balaban J connectivity index is 1.49. The number of pyridine rings is 2. The molecular weight excluding hydrogens is 500 g/mol. The Kier molecular flexibility index (Phi) is 7.72. The van der Waals surface area contributed by atoms with E-state index in [1.165, 1.54) is 15.3 Å². The second-order valence-electron chi connectivity index (χ2n) is 10.2. The summed E-state index contributed by atoms with van der Waals surface area (Å²) in [6.07, 6.45) is 11.7. The van der Waals surface area contributed by atoms with Gasteiger partial charge in [-0.25, -0.2) is 4.98 Å². The average Bonchev–Trinajstić information content (AvgIpc) is 3.65. The molecule has 0 spiro atoms. The van der Waals surface area contributed by atoms with Crippen LogP contribution in [0.15, 0.2) is 74.2 Å². The number of nitrogens with one attached hydrogen (secondary N) is 2. The van der Waals surface area contributed by atoms with Crippen molar-refractivity contribution in [1.29, 1.82) is 0 Å². The van der Waals surface area contributed by atoms with Crippen LogP contribution in [0.3, 0.4) is 0 Å². The van der Waals surface area contributed by atoms with Gasteiger partial charge in [0, 0.05) is 61.7 Å². The van der Waals surface area contributed by atoms with Gasteiger partial charge in [0.25, 0.3) is 0 Å². The monoisotopic (exact) mass is 534 g/mol. The second-order valence-corrected chi connectivity index (χ2v) is 11.2. The molecule has 0 aliphatic rings. The molecule has 39 heavy (non-hydrogen) atoms. The van der Waals surface area contributed by atoms with Gasteiger partial charge in [-0.05, 0) is 88.8 Å². The number of thiophene rings is 1. The summed E-state index contributed by atoms with van der Waals surface area (Å²) in [4.78, 5) is 17.3. The highest BCUT2D eigenvalue weighted by atomic mass is 32.1. The molecule has 5 rings (SSSR count). The van der Waals surface area contributed by atoms with Gasteiger partial charge >= 0.3 is 0 Å². The number of fused-ring (bicyclic) bond motifs is 1. The predicted molar refractivity (Wildman–Crippen MR) is 165 cm³/mol. The lowest BCUT2D eigenvalue weighted by atomic mass is 10.0. The summed E-state index contributed by atoms with van der Waals surface area (Å²) in [6.45, 7) is 13.2. The highest BCUT2D eigenvalue weighted by molar-refractivity contribution is 7.14. The van der Waals surface area contributed by atoms with Crippen molar-refractivity contribution in [3.63, 3.8) is 0 Å². The van der Waals surface area contributed by atoms with Crippen molar-refractivity contribution in [1.82, 2.24) is 30.0 Å². The molecule has 0 fully saturated rings. The van der Waals surface area contributed by atoms with Gasteiger partial charge in [0.2, 0.25) is 0 Å². The molecule has 7 heteroatoms. The molecule has 6 nitrogen and oxygen atoms in total. The summed E-state index contributed by atoms with van der Waals surface area (Å²) >= 11 is 1.74. The van der Waals surface area contributed by atoms with Gasteiger partial charge in [0.1, 0.15) is 0 Å². The molecule has 2 N–H and O–H groups in total. The summed E-state index contributed by atoms with van der Waals surface area (Å²) < 4.78 is 0. The third kappa shape index (κ3) is 5.70. The lowest BCUT2D eigenvalue weighted by Crippen LogP contribution is -2.13. The minimum Gasteiger partial charge on any atom is -0.357 e. The summed E-state index contributed by atoms with van der Waals surface area (Å²) in [5.41, 5.74) is 10.3. The topological polar surface area (TPSA) is 73.5 Å². The van der Waals surface area contributed by atoms with Gasteiger partial charge in [0.05, 0.1) is 11.4 Å². The number of rotatable bonds is 10. The Labute approximate surface area is 233 Å². The maximum Gasteiger partial charge on any atom is 0.181 e. The Morgan fingerprint density at radius 1 is 1.08 bits per heavy atom. The van der Waals surface area contributed by atoms with E-state index >= 15 is 0 Å². The van der Waals surface area contributed by atoms with Gasteiger partial charge < -0.3 is 9.88 Å². The average molecular weight is 535 g/mol.